The van der Waals surface area contributed by atoms with E-state index in [1.165, 1.54) is 6.92 Å². The zero-order valence-corrected chi connectivity index (χ0v) is 16.0. The van der Waals surface area contributed by atoms with Crippen molar-refractivity contribution in [3.05, 3.63) is 54.0 Å². The SMILES string of the molecule is Cc1ccc(NC(=O)CCc2nc(-c3ccccn3)no2)cc1O[C@H](C)C(=O)O. The minimum atomic E-state index is -1.07. The van der Waals surface area contributed by atoms with E-state index in [0.29, 0.717) is 28.8 Å². The van der Waals surface area contributed by atoms with Crippen molar-refractivity contribution in [1.82, 2.24) is 15.1 Å². The van der Waals surface area contributed by atoms with Crippen molar-refractivity contribution in [1.29, 1.82) is 0 Å². The number of amides is 1. The predicted molar refractivity (Wildman–Crippen MR) is 103 cm³/mol. The first-order chi connectivity index (χ1) is 13.9. The van der Waals surface area contributed by atoms with Gasteiger partial charge >= 0.3 is 5.97 Å². The lowest BCUT2D eigenvalue weighted by atomic mass is 10.2. The Kier molecular flexibility index (Phi) is 6.18. The number of carbonyl (C=O) groups is 2. The smallest absolute Gasteiger partial charge is 0.344 e. The molecule has 0 aliphatic rings. The standard InChI is InChI=1S/C20H20N4O5/c1-12-6-7-14(11-16(12)28-13(2)20(26)27)22-17(25)8-9-18-23-19(24-29-18)15-5-3-4-10-21-15/h3-7,10-11,13H,8-9H2,1-2H3,(H,22,25)(H,26,27)/t13-/m1/s1. The van der Waals surface area contributed by atoms with Gasteiger partial charge in [0.25, 0.3) is 0 Å². The van der Waals surface area contributed by atoms with Crippen LogP contribution in [0, 0.1) is 6.92 Å². The lowest BCUT2D eigenvalue weighted by Gasteiger charge is -2.14. The maximum absolute atomic E-state index is 12.2. The summed E-state index contributed by atoms with van der Waals surface area (Å²) in [5.41, 5.74) is 1.87. The molecule has 9 heteroatoms. The minimum absolute atomic E-state index is 0.138. The van der Waals surface area contributed by atoms with Crippen molar-refractivity contribution in [2.24, 2.45) is 0 Å². The number of carboxylic acids is 1. The van der Waals surface area contributed by atoms with E-state index in [2.05, 4.69) is 20.4 Å². The Morgan fingerprint density at radius 3 is 2.83 bits per heavy atom. The van der Waals surface area contributed by atoms with Gasteiger partial charge in [0.2, 0.25) is 17.6 Å². The molecule has 2 aromatic heterocycles. The van der Waals surface area contributed by atoms with Gasteiger partial charge in [-0.05, 0) is 37.6 Å². The van der Waals surface area contributed by atoms with Gasteiger partial charge in [-0.1, -0.05) is 17.3 Å². The summed E-state index contributed by atoms with van der Waals surface area (Å²) in [6.07, 6.45) is 1.05. The summed E-state index contributed by atoms with van der Waals surface area (Å²) in [5.74, 6) is -0.209. The van der Waals surface area contributed by atoms with Crippen LogP contribution in [0.3, 0.4) is 0 Å². The molecule has 150 valence electrons. The molecule has 9 nitrogen and oxygen atoms in total. The quantitative estimate of drug-likeness (QED) is 0.595. The molecule has 0 radical (unpaired) electrons. The highest BCUT2D eigenvalue weighted by Gasteiger charge is 2.15. The molecule has 0 spiro atoms. The average Bonchev–Trinajstić information content (AvgIpc) is 3.18. The molecule has 0 aliphatic carbocycles. The van der Waals surface area contributed by atoms with Crippen molar-refractivity contribution >= 4 is 17.6 Å². The largest absolute Gasteiger partial charge is 0.479 e. The number of anilines is 1. The Morgan fingerprint density at radius 1 is 1.28 bits per heavy atom. The molecule has 1 aromatic carbocycles. The van der Waals surface area contributed by atoms with Crippen LogP contribution in [-0.4, -0.2) is 38.2 Å². The van der Waals surface area contributed by atoms with Gasteiger partial charge in [-0.2, -0.15) is 4.98 Å². The molecule has 3 aromatic rings. The second kappa shape index (κ2) is 8.96. The molecule has 0 saturated heterocycles. The number of ether oxygens (including phenoxy) is 1. The van der Waals surface area contributed by atoms with Gasteiger partial charge < -0.3 is 19.7 Å². The number of carboxylic acid groups (broad SMARTS) is 1. The maximum Gasteiger partial charge on any atom is 0.344 e. The number of aryl methyl sites for hydroxylation is 2. The summed E-state index contributed by atoms with van der Waals surface area (Å²) in [6, 6.07) is 10.4. The zero-order chi connectivity index (χ0) is 20.8. The normalized spacial score (nSPS) is 11.7. The molecule has 3 rings (SSSR count). The molecule has 0 aliphatic heterocycles. The van der Waals surface area contributed by atoms with Crippen LogP contribution >= 0.6 is 0 Å². The Labute approximate surface area is 166 Å². The highest BCUT2D eigenvalue weighted by atomic mass is 16.5. The van der Waals surface area contributed by atoms with Crippen molar-refractivity contribution in [3.63, 3.8) is 0 Å². The first-order valence-corrected chi connectivity index (χ1v) is 8.96. The van der Waals surface area contributed by atoms with E-state index < -0.39 is 12.1 Å². The van der Waals surface area contributed by atoms with Crippen LogP contribution in [0.25, 0.3) is 11.5 Å². The predicted octanol–water partition coefficient (Wildman–Crippen LogP) is 2.86. The summed E-state index contributed by atoms with van der Waals surface area (Å²) >= 11 is 0. The van der Waals surface area contributed by atoms with E-state index in [1.54, 1.807) is 43.5 Å². The Morgan fingerprint density at radius 2 is 2.10 bits per heavy atom. The molecule has 1 atom stereocenters. The number of nitrogens with one attached hydrogen (secondary N) is 1. The average molecular weight is 396 g/mol. The van der Waals surface area contributed by atoms with Crippen LogP contribution in [0.1, 0.15) is 24.8 Å². The first kappa shape index (κ1) is 20.0. The number of carbonyl (C=O) groups excluding carboxylic acids is 1. The highest BCUT2D eigenvalue weighted by molar-refractivity contribution is 5.91. The molecule has 0 saturated carbocycles. The molecule has 2 N–H and O–H groups in total. The van der Waals surface area contributed by atoms with E-state index >= 15 is 0 Å². The third kappa shape index (κ3) is 5.38. The van der Waals surface area contributed by atoms with Gasteiger partial charge in [0.05, 0.1) is 0 Å². The second-order valence-electron chi connectivity index (χ2n) is 6.35. The summed E-state index contributed by atoms with van der Waals surface area (Å²) in [4.78, 5) is 31.6. The van der Waals surface area contributed by atoms with Gasteiger partial charge in [-0.25, -0.2) is 4.79 Å². The van der Waals surface area contributed by atoms with Crippen molar-refractivity contribution in [2.45, 2.75) is 32.8 Å². The third-order valence-corrected chi connectivity index (χ3v) is 4.05. The number of hydrogen-bond acceptors (Lipinski definition) is 7. The van der Waals surface area contributed by atoms with E-state index in [9.17, 15) is 9.59 Å². The molecular weight excluding hydrogens is 376 g/mol. The molecule has 29 heavy (non-hydrogen) atoms. The molecule has 2 heterocycles. The molecule has 0 unspecified atom stereocenters. The van der Waals surface area contributed by atoms with Crippen LogP contribution < -0.4 is 10.1 Å². The molecule has 0 bridgehead atoms. The van der Waals surface area contributed by atoms with Crippen LogP contribution in [-0.2, 0) is 16.0 Å². The topological polar surface area (TPSA) is 127 Å². The fraction of sp³-hybridized carbons (Fsp3) is 0.250. The van der Waals surface area contributed by atoms with Crippen LogP contribution in [0.4, 0.5) is 5.69 Å². The van der Waals surface area contributed by atoms with Gasteiger partial charge in [0.1, 0.15) is 11.4 Å². The summed E-state index contributed by atoms with van der Waals surface area (Å²) in [5, 5.41) is 15.6. The third-order valence-electron chi connectivity index (χ3n) is 4.05. The van der Waals surface area contributed by atoms with Gasteiger partial charge in [-0.15, -0.1) is 0 Å². The van der Waals surface area contributed by atoms with E-state index in [4.69, 9.17) is 14.4 Å². The van der Waals surface area contributed by atoms with E-state index in [1.807, 2.05) is 6.07 Å². The number of hydrogen-bond donors (Lipinski definition) is 2. The first-order valence-electron chi connectivity index (χ1n) is 8.96. The minimum Gasteiger partial charge on any atom is -0.479 e. The second-order valence-corrected chi connectivity index (χ2v) is 6.35. The van der Waals surface area contributed by atoms with Crippen LogP contribution in [0.15, 0.2) is 47.1 Å². The molecule has 0 fully saturated rings. The molecular formula is C20H20N4O5. The number of rotatable bonds is 8. The number of aliphatic carboxylic acids is 1. The molecule has 1 amide bonds. The van der Waals surface area contributed by atoms with Gasteiger partial charge in [-0.3, -0.25) is 9.78 Å². The van der Waals surface area contributed by atoms with Crippen molar-refractivity contribution in [2.75, 3.05) is 5.32 Å². The Bertz CT molecular complexity index is 1000. The number of aromatic nitrogens is 3. The fourth-order valence-electron chi connectivity index (χ4n) is 2.45. The van der Waals surface area contributed by atoms with Crippen molar-refractivity contribution in [3.8, 4) is 17.3 Å². The van der Waals surface area contributed by atoms with Gasteiger partial charge in [0.15, 0.2) is 6.10 Å². The number of benzene rings is 1. The highest BCUT2D eigenvalue weighted by Crippen LogP contribution is 2.24. The van der Waals surface area contributed by atoms with Crippen LogP contribution in [0.2, 0.25) is 0 Å². The fourth-order valence-corrected chi connectivity index (χ4v) is 2.45. The van der Waals surface area contributed by atoms with E-state index in [-0.39, 0.29) is 18.7 Å². The van der Waals surface area contributed by atoms with Crippen molar-refractivity contribution < 1.29 is 24.0 Å². The lowest BCUT2D eigenvalue weighted by molar-refractivity contribution is -0.144. The van der Waals surface area contributed by atoms with Crippen LogP contribution in [0.5, 0.6) is 5.75 Å². The zero-order valence-electron chi connectivity index (χ0n) is 16.0. The Hall–Kier alpha value is -3.75. The van der Waals surface area contributed by atoms with E-state index in [0.717, 1.165) is 5.56 Å². The number of pyridine rings is 1. The lowest BCUT2D eigenvalue weighted by Crippen LogP contribution is -2.23. The number of nitrogens with zero attached hydrogens (tertiary/aromatic N) is 3. The monoisotopic (exact) mass is 396 g/mol. The summed E-state index contributed by atoms with van der Waals surface area (Å²) < 4.78 is 10.6. The van der Waals surface area contributed by atoms with Gasteiger partial charge in [0, 0.05) is 30.8 Å². The Balaban J connectivity index is 1.57. The summed E-state index contributed by atoms with van der Waals surface area (Å²) in [6.45, 7) is 3.24. The maximum atomic E-state index is 12.2. The summed E-state index contributed by atoms with van der Waals surface area (Å²) in [7, 11) is 0.